The first-order valence-corrected chi connectivity index (χ1v) is 9.77. The van der Waals surface area contributed by atoms with Crippen LogP contribution in [0.25, 0.3) is 0 Å². The number of esters is 1. The van der Waals surface area contributed by atoms with Crippen LogP contribution in [0.2, 0.25) is 0 Å². The summed E-state index contributed by atoms with van der Waals surface area (Å²) in [6.45, 7) is 2.53. The first-order chi connectivity index (χ1) is 11.9. The molecular weight excluding hydrogens is 344 g/mol. The zero-order chi connectivity index (χ0) is 18.4. The number of carbonyl (C=O) groups excluding carboxylic acids is 2. The number of benzene rings is 1. The molecule has 1 aliphatic heterocycles. The molecule has 2 rings (SSSR count). The molecule has 1 N–H and O–H groups in total. The number of hydrogen-bond donors (Lipinski definition) is 1. The van der Waals surface area contributed by atoms with Gasteiger partial charge in [0, 0.05) is 24.7 Å². The van der Waals surface area contributed by atoms with Crippen molar-refractivity contribution in [3.8, 4) is 0 Å². The maximum Gasteiger partial charge on any atom is 0.307 e. The average molecular weight is 368 g/mol. The van der Waals surface area contributed by atoms with E-state index in [0.29, 0.717) is 6.54 Å². The Kier molecular flexibility index (Phi) is 6.55. The highest BCUT2D eigenvalue weighted by atomic mass is 32.2. The number of nitrogens with zero attached hydrogens (tertiary/aromatic N) is 1. The molecule has 0 aliphatic carbocycles. The molecular formula is C17H24N2O5S. The molecule has 7 nitrogen and oxygen atoms in total. The van der Waals surface area contributed by atoms with Crippen molar-refractivity contribution in [3.63, 3.8) is 0 Å². The van der Waals surface area contributed by atoms with Crippen LogP contribution in [0.4, 0.5) is 0 Å². The molecule has 0 aromatic heterocycles. The van der Waals surface area contributed by atoms with Gasteiger partial charge in [-0.05, 0) is 38.0 Å². The number of carbonyl (C=O) groups is 2. The van der Waals surface area contributed by atoms with Crippen LogP contribution in [0, 0.1) is 0 Å². The van der Waals surface area contributed by atoms with Crippen LogP contribution in [0.3, 0.4) is 0 Å². The number of hydrogen-bond acceptors (Lipinski definition) is 5. The molecule has 0 bridgehead atoms. The number of sulfonamides is 1. The highest BCUT2D eigenvalue weighted by molar-refractivity contribution is 7.89. The number of piperidine rings is 1. The van der Waals surface area contributed by atoms with Gasteiger partial charge in [0.2, 0.25) is 10.0 Å². The second-order valence-electron chi connectivity index (χ2n) is 6.07. The van der Waals surface area contributed by atoms with Gasteiger partial charge >= 0.3 is 5.97 Å². The Labute approximate surface area is 148 Å². The van der Waals surface area contributed by atoms with Gasteiger partial charge in [-0.25, -0.2) is 8.42 Å². The summed E-state index contributed by atoms with van der Waals surface area (Å²) in [6.07, 6.45) is 2.77. The number of methoxy groups -OCH3 is 1. The summed E-state index contributed by atoms with van der Waals surface area (Å²) in [5, 5.41) is 2.58. The molecule has 0 saturated carbocycles. The molecule has 1 amide bonds. The first-order valence-electron chi connectivity index (χ1n) is 8.33. The number of amides is 1. The van der Waals surface area contributed by atoms with Crippen molar-refractivity contribution >= 4 is 21.9 Å². The van der Waals surface area contributed by atoms with Crippen LogP contribution >= 0.6 is 0 Å². The van der Waals surface area contributed by atoms with E-state index in [1.54, 1.807) is 12.1 Å². The molecule has 138 valence electrons. The lowest BCUT2D eigenvalue weighted by atomic mass is 10.1. The molecule has 8 heteroatoms. The minimum atomic E-state index is -3.63. The average Bonchev–Trinajstić information content (AvgIpc) is 2.61. The van der Waals surface area contributed by atoms with Gasteiger partial charge in [-0.1, -0.05) is 12.5 Å². The third-order valence-electron chi connectivity index (χ3n) is 4.29. The Morgan fingerprint density at radius 1 is 1.32 bits per heavy atom. The Morgan fingerprint density at radius 2 is 2.08 bits per heavy atom. The summed E-state index contributed by atoms with van der Waals surface area (Å²) in [5.41, 5.74) is 0.246. The zero-order valence-corrected chi connectivity index (χ0v) is 15.3. The van der Waals surface area contributed by atoms with Gasteiger partial charge in [-0.2, -0.15) is 4.31 Å². The van der Waals surface area contributed by atoms with Crippen LogP contribution < -0.4 is 5.32 Å². The van der Waals surface area contributed by atoms with Crippen LogP contribution in [0.5, 0.6) is 0 Å². The van der Waals surface area contributed by atoms with Crippen molar-refractivity contribution in [1.82, 2.24) is 9.62 Å². The monoisotopic (exact) mass is 368 g/mol. The standard InChI is InChI=1S/C17H24N2O5S/c1-13-6-3-4-11-19(13)25(22,23)15-8-5-7-14(12-15)17(21)18-10-9-16(20)24-2/h5,7-8,12-13H,3-4,6,9-11H2,1-2H3,(H,18,21)/t13-/m1/s1. The van der Waals surface area contributed by atoms with E-state index in [-0.39, 0.29) is 29.5 Å². The fourth-order valence-corrected chi connectivity index (χ4v) is 4.59. The van der Waals surface area contributed by atoms with Crippen molar-refractivity contribution in [2.24, 2.45) is 0 Å². The van der Waals surface area contributed by atoms with Gasteiger partial charge < -0.3 is 10.1 Å². The molecule has 1 aliphatic rings. The molecule has 1 atom stereocenters. The first kappa shape index (κ1) is 19.4. The Bertz CT molecular complexity index is 732. The third-order valence-corrected chi connectivity index (χ3v) is 6.30. The molecule has 25 heavy (non-hydrogen) atoms. The molecule has 1 aromatic rings. The lowest BCUT2D eigenvalue weighted by Gasteiger charge is -2.32. The minimum Gasteiger partial charge on any atom is -0.469 e. The second kappa shape index (κ2) is 8.44. The van der Waals surface area contributed by atoms with E-state index in [2.05, 4.69) is 10.1 Å². The fraction of sp³-hybridized carbons (Fsp3) is 0.529. The topological polar surface area (TPSA) is 92.8 Å². The number of ether oxygens (including phenoxy) is 1. The lowest BCUT2D eigenvalue weighted by molar-refractivity contribution is -0.140. The molecule has 1 heterocycles. The number of rotatable bonds is 6. The smallest absolute Gasteiger partial charge is 0.307 e. The van der Waals surface area contributed by atoms with Crippen molar-refractivity contribution < 1.29 is 22.7 Å². The molecule has 0 radical (unpaired) electrons. The maximum absolute atomic E-state index is 12.8. The van der Waals surface area contributed by atoms with Crippen LogP contribution in [-0.4, -0.2) is 50.8 Å². The summed E-state index contributed by atoms with van der Waals surface area (Å²) in [5.74, 6) is -0.844. The Hall–Kier alpha value is -1.93. The molecule has 1 fully saturated rings. The minimum absolute atomic E-state index is 0.0451. The quantitative estimate of drug-likeness (QED) is 0.769. The summed E-state index contributed by atoms with van der Waals surface area (Å²) < 4.78 is 31.7. The lowest BCUT2D eigenvalue weighted by Crippen LogP contribution is -2.42. The maximum atomic E-state index is 12.8. The van der Waals surface area contributed by atoms with Crippen molar-refractivity contribution in [3.05, 3.63) is 29.8 Å². The van der Waals surface area contributed by atoms with Crippen molar-refractivity contribution in [2.75, 3.05) is 20.2 Å². The number of nitrogens with one attached hydrogen (secondary N) is 1. The van der Waals surface area contributed by atoms with Crippen molar-refractivity contribution in [1.29, 1.82) is 0 Å². The third kappa shape index (κ3) is 4.79. The second-order valence-corrected chi connectivity index (χ2v) is 7.96. The van der Waals surface area contributed by atoms with E-state index in [0.717, 1.165) is 19.3 Å². The van der Waals surface area contributed by atoms with Crippen molar-refractivity contribution in [2.45, 2.75) is 43.5 Å². The highest BCUT2D eigenvalue weighted by Gasteiger charge is 2.31. The van der Waals surface area contributed by atoms with Crippen LogP contribution in [-0.2, 0) is 19.6 Å². The van der Waals surface area contributed by atoms with Gasteiger partial charge in [-0.3, -0.25) is 9.59 Å². The van der Waals surface area contributed by atoms with E-state index in [4.69, 9.17) is 0 Å². The Morgan fingerprint density at radius 3 is 2.76 bits per heavy atom. The van der Waals surface area contributed by atoms with E-state index in [1.165, 1.54) is 23.5 Å². The van der Waals surface area contributed by atoms with E-state index in [1.807, 2.05) is 6.92 Å². The van der Waals surface area contributed by atoms with Crippen LogP contribution in [0.15, 0.2) is 29.2 Å². The highest BCUT2D eigenvalue weighted by Crippen LogP contribution is 2.25. The van der Waals surface area contributed by atoms with E-state index in [9.17, 15) is 18.0 Å². The predicted molar refractivity (Wildman–Crippen MR) is 92.6 cm³/mol. The normalized spacial score (nSPS) is 18.6. The zero-order valence-electron chi connectivity index (χ0n) is 14.5. The summed E-state index contributed by atoms with van der Waals surface area (Å²) in [6, 6.07) is 5.94. The van der Waals surface area contributed by atoms with Gasteiger partial charge in [-0.15, -0.1) is 0 Å². The van der Waals surface area contributed by atoms with E-state index >= 15 is 0 Å². The van der Waals surface area contributed by atoms with Gasteiger partial charge in [0.05, 0.1) is 18.4 Å². The predicted octanol–water partition coefficient (Wildman–Crippen LogP) is 1.54. The largest absolute Gasteiger partial charge is 0.469 e. The fourth-order valence-electron chi connectivity index (χ4n) is 2.84. The Balaban J connectivity index is 2.12. The van der Waals surface area contributed by atoms with Gasteiger partial charge in [0.15, 0.2) is 0 Å². The molecule has 0 unspecified atom stereocenters. The summed E-state index contributed by atoms with van der Waals surface area (Å²) in [7, 11) is -2.35. The molecule has 1 aromatic carbocycles. The molecule has 0 spiro atoms. The SMILES string of the molecule is COC(=O)CCNC(=O)c1cccc(S(=O)(=O)N2CCCC[C@H]2C)c1. The van der Waals surface area contributed by atoms with Crippen LogP contribution in [0.1, 0.15) is 43.0 Å². The van der Waals surface area contributed by atoms with E-state index < -0.39 is 21.9 Å². The summed E-state index contributed by atoms with van der Waals surface area (Å²) in [4.78, 5) is 23.3. The van der Waals surface area contributed by atoms with Gasteiger partial charge in [0.25, 0.3) is 5.91 Å². The summed E-state index contributed by atoms with van der Waals surface area (Å²) >= 11 is 0. The van der Waals surface area contributed by atoms with Gasteiger partial charge in [0.1, 0.15) is 0 Å². The molecule has 1 saturated heterocycles.